The highest BCUT2D eigenvalue weighted by atomic mass is 32.2. The molecule has 0 aliphatic carbocycles. The normalized spacial score (nSPS) is 16.0. The lowest BCUT2D eigenvalue weighted by Gasteiger charge is -2.34. The highest BCUT2D eigenvalue weighted by molar-refractivity contribution is 7.89. The van der Waals surface area contributed by atoms with Gasteiger partial charge in [0.05, 0.1) is 11.4 Å². The first kappa shape index (κ1) is 21.4. The molecule has 0 saturated carbocycles. The highest BCUT2D eigenvalue weighted by Gasteiger charge is 2.29. The van der Waals surface area contributed by atoms with Gasteiger partial charge in [-0.1, -0.05) is 35.9 Å². The Bertz CT molecular complexity index is 955. The summed E-state index contributed by atoms with van der Waals surface area (Å²) in [7, 11) is -1.88. The van der Waals surface area contributed by atoms with E-state index in [1.54, 1.807) is 49.5 Å². The largest absolute Gasteiger partial charge is 0.340 e. The lowest BCUT2D eigenvalue weighted by atomic mass is 10.2. The van der Waals surface area contributed by atoms with E-state index in [0.717, 1.165) is 5.56 Å². The van der Waals surface area contributed by atoms with Gasteiger partial charge >= 0.3 is 0 Å². The first-order valence-corrected chi connectivity index (χ1v) is 11.0. The zero-order valence-corrected chi connectivity index (χ0v) is 17.5. The molecule has 0 atom stereocenters. The number of benzene rings is 2. The minimum absolute atomic E-state index is 0.122. The topological polar surface area (TPSA) is 60.9 Å². The van der Waals surface area contributed by atoms with E-state index in [9.17, 15) is 17.6 Å². The Morgan fingerprint density at radius 3 is 2.28 bits per heavy atom. The molecule has 29 heavy (non-hydrogen) atoms. The van der Waals surface area contributed by atoms with Crippen molar-refractivity contribution >= 4 is 15.9 Å². The molecule has 1 aliphatic heterocycles. The molecular formula is C21H26FN3O3S. The van der Waals surface area contributed by atoms with Gasteiger partial charge in [0.15, 0.2) is 0 Å². The SMILES string of the molecule is Cc1ccc(S(=O)(=O)N2CCN(CC(=O)N(C)Cc3ccccc3F)CC2)cc1. The molecule has 1 fully saturated rings. The molecule has 0 bridgehead atoms. The first-order valence-electron chi connectivity index (χ1n) is 9.54. The molecule has 2 aromatic carbocycles. The van der Waals surface area contributed by atoms with E-state index in [1.165, 1.54) is 15.3 Å². The molecule has 6 nitrogen and oxygen atoms in total. The molecule has 0 spiro atoms. The summed E-state index contributed by atoms with van der Waals surface area (Å²) in [5.74, 6) is -0.454. The van der Waals surface area contributed by atoms with E-state index in [-0.39, 0.29) is 29.7 Å². The monoisotopic (exact) mass is 419 g/mol. The molecule has 3 rings (SSSR count). The third-order valence-electron chi connectivity index (χ3n) is 5.14. The molecule has 1 heterocycles. The van der Waals surface area contributed by atoms with Crippen molar-refractivity contribution in [3.05, 3.63) is 65.5 Å². The van der Waals surface area contributed by atoms with Gasteiger partial charge in [0.25, 0.3) is 0 Å². The summed E-state index contributed by atoms with van der Waals surface area (Å²) in [6.45, 7) is 3.92. The van der Waals surface area contributed by atoms with Crippen LogP contribution in [-0.4, -0.2) is 68.2 Å². The van der Waals surface area contributed by atoms with Gasteiger partial charge in [-0.2, -0.15) is 4.31 Å². The third-order valence-corrected chi connectivity index (χ3v) is 7.05. The number of likely N-dealkylation sites (N-methyl/N-ethyl adjacent to an activating group) is 1. The van der Waals surface area contributed by atoms with E-state index in [1.807, 2.05) is 11.8 Å². The number of hydrogen-bond acceptors (Lipinski definition) is 4. The number of hydrogen-bond donors (Lipinski definition) is 0. The zero-order chi connectivity index (χ0) is 21.0. The fraction of sp³-hybridized carbons (Fsp3) is 0.381. The summed E-state index contributed by atoms with van der Waals surface area (Å²) in [5, 5.41) is 0. The summed E-state index contributed by atoms with van der Waals surface area (Å²) in [6, 6.07) is 13.2. The number of carbonyl (C=O) groups excluding carboxylic acids is 1. The lowest BCUT2D eigenvalue weighted by Crippen LogP contribution is -2.51. The van der Waals surface area contributed by atoms with Crippen molar-refractivity contribution < 1.29 is 17.6 Å². The van der Waals surface area contributed by atoms with E-state index in [0.29, 0.717) is 31.7 Å². The van der Waals surface area contributed by atoms with Gasteiger partial charge < -0.3 is 4.90 Å². The highest BCUT2D eigenvalue weighted by Crippen LogP contribution is 2.18. The van der Waals surface area contributed by atoms with Gasteiger partial charge in [0.2, 0.25) is 15.9 Å². The number of piperazine rings is 1. The van der Waals surface area contributed by atoms with E-state index < -0.39 is 10.0 Å². The van der Waals surface area contributed by atoms with Gasteiger partial charge in [-0.05, 0) is 25.1 Å². The minimum atomic E-state index is -3.52. The maximum atomic E-state index is 13.8. The van der Waals surface area contributed by atoms with Crippen LogP contribution >= 0.6 is 0 Å². The van der Waals surface area contributed by atoms with Crippen LogP contribution in [0.15, 0.2) is 53.4 Å². The quantitative estimate of drug-likeness (QED) is 0.720. The molecule has 2 aromatic rings. The van der Waals surface area contributed by atoms with Crippen LogP contribution in [0.2, 0.25) is 0 Å². The average molecular weight is 420 g/mol. The van der Waals surface area contributed by atoms with E-state index in [2.05, 4.69) is 0 Å². The molecule has 0 N–H and O–H groups in total. The van der Waals surface area contributed by atoms with Gasteiger partial charge in [-0.15, -0.1) is 0 Å². The van der Waals surface area contributed by atoms with Crippen molar-refractivity contribution in [2.24, 2.45) is 0 Å². The standard InChI is InChI=1S/C21H26FN3O3S/c1-17-7-9-19(10-8-17)29(27,28)25-13-11-24(12-14-25)16-21(26)23(2)15-18-5-3-4-6-20(18)22/h3-10H,11-16H2,1-2H3. The van der Waals surface area contributed by atoms with E-state index >= 15 is 0 Å². The first-order chi connectivity index (χ1) is 13.8. The fourth-order valence-electron chi connectivity index (χ4n) is 3.27. The molecule has 0 radical (unpaired) electrons. The predicted octanol–water partition coefficient (Wildman–Crippen LogP) is 2.10. The minimum Gasteiger partial charge on any atom is -0.340 e. The number of sulfonamides is 1. The fourth-order valence-corrected chi connectivity index (χ4v) is 4.69. The van der Waals surface area contributed by atoms with Crippen LogP contribution < -0.4 is 0 Å². The maximum Gasteiger partial charge on any atom is 0.243 e. The Kier molecular flexibility index (Phi) is 6.66. The van der Waals surface area contributed by atoms with Crippen LogP contribution in [0.1, 0.15) is 11.1 Å². The predicted molar refractivity (Wildman–Crippen MR) is 109 cm³/mol. The summed E-state index contributed by atoms with van der Waals surface area (Å²) < 4.78 is 40.8. The summed E-state index contributed by atoms with van der Waals surface area (Å²) >= 11 is 0. The molecule has 1 aliphatic rings. The lowest BCUT2D eigenvalue weighted by molar-refractivity contribution is -0.131. The van der Waals surface area contributed by atoms with Crippen LogP contribution in [0.5, 0.6) is 0 Å². The average Bonchev–Trinajstić information content (AvgIpc) is 2.70. The Balaban J connectivity index is 1.53. The van der Waals surface area contributed by atoms with Crippen LogP contribution in [0.3, 0.4) is 0 Å². The van der Waals surface area contributed by atoms with Gasteiger partial charge in [0, 0.05) is 45.3 Å². The van der Waals surface area contributed by atoms with Crippen molar-refractivity contribution in [2.75, 3.05) is 39.8 Å². The Morgan fingerprint density at radius 1 is 1.03 bits per heavy atom. The Morgan fingerprint density at radius 2 is 1.66 bits per heavy atom. The van der Waals surface area contributed by atoms with Crippen molar-refractivity contribution in [1.29, 1.82) is 0 Å². The number of rotatable bonds is 6. The molecular weight excluding hydrogens is 393 g/mol. The summed E-state index contributed by atoms with van der Waals surface area (Å²) in [5.41, 5.74) is 1.48. The summed E-state index contributed by atoms with van der Waals surface area (Å²) in [6.07, 6.45) is 0. The van der Waals surface area contributed by atoms with Crippen LogP contribution in [0.4, 0.5) is 4.39 Å². The number of halogens is 1. The Hall–Kier alpha value is -2.29. The van der Waals surface area contributed by atoms with Gasteiger partial charge in [-0.25, -0.2) is 12.8 Å². The number of nitrogens with zero attached hydrogens (tertiary/aromatic N) is 3. The van der Waals surface area contributed by atoms with Crippen molar-refractivity contribution in [2.45, 2.75) is 18.4 Å². The second-order valence-corrected chi connectivity index (χ2v) is 9.27. The van der Waals surface area contributed by atoms with Crippen LogP contribution in [-0.2, 0) is 21.4 Å². The molecule has 0 unspecified atom stereocenters. The second-order valence-electron chi connectivity index (χ2n) is 7.33. The van der Waals surface area contributed by atoms with Gasteiger partial charge in [0.1, 0.15) is 5.82 Å². The maximum absolute atomic E-state index is 13.8. The molecule has 0 aromatic heterocycles. The molecule has 8 heteroatoms. The number of aryl methyl sites for hydroxylation is 1. The number of carbonyl (C=O) groups is 1. The van der Waals surface area contributed by atoms with Gasteiger partial charge in [-0.3, -0.25) is 9.69 Å². The van der Waals surface area contributed by atoms with Crippen LogP contribution in [0.25, 0.3) is 0 Å². The zero-order valence-electron chi connectivity index (χ0n) is 16.7. The number of amides is 1. The summed E-state index contributed by atoms with van der Waals surface area (Å²) in [4.78, 5) is 16.2. The van der Waals surface area contributed by atoms with Crippen molar-refractivity contribution in [1.82, 2.24) is 14.1 Å². The molecule has 1 amide bonds. The molecule has 156 valence electrons. The van der Waals surface area contributed by atoms with Crippen molar-refractivity contribution in [3.8, 4) is 0 Å². The third kappa shape index (κ3) is 5.20. The van der Waals surface area contributed by atoms with Crippen LogP contribution in [0, 0.1) is 12.7 Å². The van der Waals surface area contributed by atoms with Crippen molar-refractivity contribution in [3.63, 3.8) is 0 Å². The van der Waals surface area contributed by atoms with E-state index in [4.69, 9.17) is 0 Å². The smallest absolute Gasteiger partial charge is 0.243 e. The molecule has 1 saturated heterocycles. The Labute approximate surface area is 171 Å². The second kappa shape index (κ2) is 9.02.